The zero-order valence-electron chi connectivity index (χ0n) is 18.6. The van der Waals surface area contributed by atoms with E-state index in [0.29, 0.717) is 18.0 Å². The minimum atomic E-state index is -0.0827. The first-order chi connectivity index (χ1) is 15.6. The molecule has 4 aromatic rings. The molecule has 5 rings (SSSR count). The van der Waals surface area contributed by atoms with Crippen LogP contribution in [-0.2, 0) is 13.0 Å². The molecular weight excluding hydrogens is 396 g/mol. The van der Waals surface area contributed by atoms with E-state index in [1.807, 2.05) is 66.2 Å². The van der Waals surface area contributed by atoms with Gasteiger partial charge >= 0.3 is 0 Å². The molecule has 1 fully saturated rings. The van der Waals surface area contributed by atoms with Crippen molar-refractivity contribution in [3.63, 3.8) is 0 Å². The molecule has 0 spiro atoms. The van der Waals surface area contributed by atoms with Crippen molar-refractivity contribution in [1.82, 2.24) is 20.1 Å². The van der Waals surface area contributed by atoms with Crippen LogP contribution in [0.5, 0.6) is 0 Å². The first kappa shape index (κ1) is 20.4. The molecule has 0 radical (unpaired) electrons. The molecule has 1 atom stereocenters. The average Bonchev–Trinajstić information content (AvgIpc) is 3.62. The Kier molecular flexibility index (Phi) is 5.48. The molecule has 0 saturated heterocycles. The number of rotatable bonds is 7. The number of aryl methyl sites for hydroxylation is 1. The third-order valence-corrected chi connectivity index (χ3v) is 6.18. The SMILES string of the molecule is CCc1cc(C(=O)N[C@@H](C)c2ccccc2)c2c(C3CC3)nn(Cc3ccccc3)c2n1. The van der Waals surface area contributed by atoms with Crippen molar-refractivity contribution in [3.05, 3.63) is 94.8 Å². The van der Waals surface area contributed by atoms with Gasteiger partial charge in [-0.15, -0.1) is 0 Å². The predicted octanol–water partition coefficient (Wildman–Crippen LogP) is 5.41. The van der Waals surface area contributed by atoms with Crippen LogP contribution in [0.1, 0.15) is 71.5 Å². The monoisotopic (exact) mass is 424 g/mol. The quantitative estimate of drug-likeness (QED) is 0.431. The van der Waals surface area contributed by atoms with Gasteiger partial charge < -0.3 is 5.32 Å². The lowest BCUT2D eigenvalue weighted by Gasteiger charge is -2.15. The van der Waals surface area contributed by atoms with E-state index in [9.17, 15) is 4.79 Å². The van der Waals surface area contributed by atoms with Crippen LogP contribution in [0.25, 0.3) is 11.0 Å². The van der Waals surface area contributed by atoms with Gasteiger partial charge in [0.1, 0.15) is 0 Å². The van der Waals surface area contributed by atoms with E-state index in [2.05, 4.69) is 24.4 Å². The largest absolute Gasteiger partial charge is 0.345 e. The first-order valence-electron chi connectivity index (χ1n) is 11.4. The minimum Gasteiger partial charge on any atom is -0.345 e. The smallest absolute Gasteiger partial charge is 0.252 e. The summed E-state index contributed by atoms with van der Waals surface area (Å²) in [5.41, 5.74) is 5.69. The average molecular weight is 425 g/mol. The normalized spacial score (nSPS) is 14.4. The van der Waals surface area contributed by atoms with Gasteiger partial charge in [-0.2, -0.15) is 5.10 Å². The maximum atomic E-state index is 13.5. The van der Waals surface area contributed by atoms with Crippen LogP contribution < -0.4 is 5.32 Å². The highest BCUT2D eigenvalue weighted by Gasteiger charge is 2.32. The van der Waals surface area contributed by atoms with Gasteiger partial charge in [0.15, 0.2) is 5.65 Å². The molecule has 0 bridgehead atoms. The number of hydrogen-bond donors (Lipinski definition) is 1. The molecule has 2 aromatic carbocycles. The summed E-state index contributed by atoms with van der Waals surface area (Å²) in [6.45, 7) is 4.74. The molecular formula is C27H28N4O. The number of nitrogens with one attached hydrogen (secondary N) is 1. The van der Waals surface area contributed by atoms with Gasteiger partial charge in [-0.1, -0.05) is 67.6 Å². The molecule has 1 aliphatic carbocycles. The Morgan fingerprint density at radius 1 is 1.09 bits per heavy atom. The molecule has 5 heteroatoms. The lowest BCUT2D eigenvalue weighted by molar-refractivity contribution is 0.0941. The Hall–Kier alpha value is -3.47. The first-order valence-corrected chi connectivity index (χ1v) is 11.4. The molecule has 1 saturated carbocycles. The highest BCUT2D eigenvalue weighted by atomic mass is 16.1. The second kappa shape index (κ2) is 8.58. The Bertz CT molecular complexity index is 1240. The maximum Gasteiger partial charge on any atom is 0.252 e. The Morgan fingerprint density at radius 2 is 1.78 bits per heavy atom. The molecule has 162 valence electrons. The molecule has 0 aliphatic heterocycles. The van der Waals surface area contributed by atoms with E-state index in [1.54, 1.807) is 0 Å². The van der Waals surface area contributed by atoms with Crippen LogP contribution in [0.3, 0.4) is 0 Å². The summed E-state index contributed by atoms with van der Waals surface area (Å²) >= 11 is 0. The molecule has 5 nitrogen and oxygen atoms in total. The standard InChI is InChI=1S/C27H28N4O/c1-3-22-16-23(27(32)28-18(2)20-12-8-5-9-13-20)24-25(21-14-15-21)30-31(26(24)29-22)17-19-10-6-4-7-11-19/h4-13,16,18,21H,3,14-15,17H2,1-2H3,(H,28,32)/t18-/m0/s1. The topological polar surface area (TPSA) is 59.8 Å². The fourth-order valence-electron chi connectivity index (χ4n) is 4.22. The molecule has 0 unspecified atom stereocenters. The summed E-state index contributed by atoms with van der Waals surface area (Å²) in [5.74, 6) is 0.353. The third-order valence-electron chi connectivity index (χ3n) is 6.18. The van der Waals surface area contributed by atoms with Gasteiger partial charge in [0.2, 0.25) is 0 Å². The fourth-order valence-corrected chi connectivity index (χ4v) is 4.22. The van der Waals surface area contributed by atoms with Crippen molar-refractivity contribution >= 4 is 16.9 Å². The maximum absolute atomic E-state index is 13.5. The number of aromatic nitrogens is 3. The van der Waals surface area contributed by atoms with Crippen molar-refractivity contribution in [1.29, 1.82) is 0 Å². The van der Waals surface area contributed by atoms with E-state index in [1.165, 1.54) is 5.56 Å². The highest BCUT2D eigenvalue weighted by molar-refractivity contribution is 6.07. The summed E-state index contributed by atoms with van der Waals surface area (Å²) < 4.78 is 1.98. The van der Waals surface area contributed by atoms with Crippen LogP contribution in [0.15, 0.2) is 66.7 Å². The zero-order chi connectivity index (χ0) is 22.1. The number of carbonyl (C=O) groups excluding carboxylic acids is 1. The van der Waals surface area contributed by atoms with Crippen LogP contribution >= 0.6 is 0 Å². The van der Waals surface area contributed by atoms with Gasteiger partial charge in [0, 0.05) is 11.6 Å². The summed E-state index contributed by atoms with van der Waals surface area (Å²) in [7, 11) is 0. The van der Waals surface area contributed by atoms with Crippen molar-refractivity contribution in [2.45, 2.75) is 51.6 Å². The predicted molar refractivity (Wildman–Crippen MR) is 127 cm³/mol. The van der Waals surface area contributed by atoms with Crippen molar-refractivity contribution in [2.24, 2.45) is 0 Å². The van der Waals surface area contributed by atoms with Crippen molar-refractivity contribution in [3.8, 4) is 0 Å². The van der Waals surface area contributed by atoms with Gasteiger partial charge in [0.25, 0.3) is 5.91 Å². The lowest BCUT2D eigenvalue weighted by Crippen LogP contribution is -2.27. The number of benzene rings is 2. The van der Waals surface area contributed by atoms with E-state index >= 15 is 0 Å². The Morgan fingerprint density at radius 3 is 2.44 bits per heavy atom. The van der Waals surface area contributed by atoms with E-state index in [-0.39, 0.29) is 11.9 Å². The molecule has 2 aromatic heterocycles. The Labute approximate surface area is 188 Å². The number of carbonyl (C=O) groups is 1. The van der Waals surface area contributed by atoms with Crippen LogP contribution in [0, 0.1) is 0 Å². The summed E-state index contributed by atoms with van der Waals surface area (Å²) in [4.78, 5) is 18.4. The van der Waals surface area contributed by atoms with Crippen molar-refractivity contribution < 1.29 is 4.79 Å². The summed E-state index contributed by atoms with van der Waals surface area (Å²) in [5, 5.41) is 9.09. The lowest BCUT2D eigenvalue weighted by atomic mass is 10.0. The second-order valence-corrected chi connectivity index (χ2v) is 8.62. The second-order valence-electron chi connectivity index (χ2n) is 8.62. The minimum absolute atomic E-state index is 0.0652. The van der Waals surface area contributed by atoms with Crippen LogP contribution in [-0.4, -0.2) is 20.7 Å². The zero-order valence-corrected chi connectivity index (χ0v) is 18.6. The number of pyridine rings is 1. The molecule has 32 heavy (non-hydrogen) atoms. The van der Waals surface area contributed by atoms with E-state index in [4.69, 9.17) is 10.1 Å². The molecule has 2 heterocycles. The van der Waals surface area contributed by atoms with E-state index < -0.39 is 0 Å². The van der Waals surface area contributed by atoms with Crippen LogP contribution in [0.4, 0.5) is 0 Å². The number of nitrogens with zero attached hydrogens (tertiary/aromatic N) is 3. The number of fused-ring (bicyclic) bond motifs is 1. The number of amides is 1. The number of hydrogen-bond acceptors (Lipinski definition) is 3. The summed E-state index contributed by atoms with van der Waals surface area (Å²) in [6, 6.07) is 22.2. The fraction of sp³-hybridized carbons (Fsp3) is 0.296. The van der Waals surface area contributed by atoms with Gasteiger partial charge in [0.05, 0.1) is 29.2 Å². The van der Waals surface area contributed by atoms with Gasteiger partial charge in [-0.25, -0.2) is 9.67 Å². The summed E-state index contributed by atoms with van der Waals surface area (Å²) in [6.07, 6.45) is 3.00. The molecule has 1 aliphatic rings. The highest BCUT2D eigenvalue weighted by Crippen LogP contribution is 2.43. The van der Waals surface area contributed by atoms with Crippen molar-refractivity contribution in [2.75, 3.05) is 0 Å². The molecule has 1 N–H and O–H groups in total. The Balaban J connectivity index is 1.58. The van der Waals surface area contributed by atoms with Gasteiger partial charge in [-0.3, -0.25) is 4.79 Å². The van der Waals surface area contributed by atoms with Gasteiger partial charge in [-0.05, 0) is 43.4 Å². The van der Waals surface area contributed by atoms with E-state index in [0.717, 1.165) is 47.2 Å². The molecule has 1 amide bonds. The van der Waals surface area contributed by atoms with Crippen LogP contribution in [0.2, 0.25) is 0 Å². The third kappa shape index (κ3) is 4.03.